The molecule has 2 aromatic rings. The summed E-state index contributed by atoms with van der Waals surface area (Å²) in [7, 11) is 1.58. The van der Waals surface area contributed by atoms with Crippen molar-refractivity contribution in [3.8, 4) is 5.75 Å². The second-order valence-corrected chi connectivity index (χ2v) is 6.24. The van der Waals surface area contributed by atoms with E-state index in [2.05, 4.69) is 15.6 Å². The van der Waals surface area contributed by atoms with Crippen LogP contribution in [0, 0.1) is 0 Å². The van der Waals surface area contributed by atoms with Gasteiger partial charge in [-0.3, -0.25) is 9.79 Å². The van der Waals surface area contributed by atoms with Crippen molar-refractivity contribution in [2.45, 2.75) is 13.5 Å². The van der Waals surface area contributed by atoms with Crippen LogP contribution in [-0.2, 0) is 11.3 Å². The summed E-state index contributed by atoms with van der Waals surface area (Å²) < 4.78 is 10.2. The Morgan fingerprint density at radius 1 is 1.14 bits per heavy atom. The summed E-state index contributed by atoms with van der Waals surface area (Å²) in [4.78, 5) is 30.4. The van der Waals surface area contributed by atoms with Crippen molar-refractivity contribution in [2.75, 3.05) is 31.7 Å². The first-order chi connectivity index (χ1) is 14.1. The zero-order chi connectivity index (χ0) is 20.6. The molecule has 0 aliphatic carbocycles. The molecule has 0 atom stereocenters. The maximum Gasteiger partial charge on any atom is 0.421 e. The summed E-state index contributed by atoms with van der Waals surface area (Å²) in [6.45, 7) is 3.69. The Kier molecular flexibility index (Phi) is 6.67. The fourth-order valence-corrected chi connectivity index (χ4v) is 2.83. The van der Waals surface area contributed by atoms with E-state index in [1.807, 2.05) is 12.1 Å². The van der Waals surface area contributed by atoms with Gasteiger partial charge in [0.05, 0.1) is 25.9 Å². The van der Waals surface area contributed by atoms with E-state index in [0.717, 1.165) is 5.56 Å². The summed E-state index contributed by atoms with van der Waals surface area (Å²) in [5, 5.41) is 5.96. The van der Waals surface area contributed by atoms with Gasteiger partial charge in [-0.25, -0.2) is 9.69 Å². The summed E-state index contributed by atoms with van der Waals surface area (Å²) >= 11 is 0. The molecule has 2 aromatic carbocycles. The SMILES string of the molecule is CCOC(=O)N(C1=NCCN1)c1ccc(CNC(=O)c2ccc(OC)cc2)cc1. The van der Waals surface area contributed by atoms with E-state index < -0.39 is 6.09 Å². The van der Waals surface area contributed by atoms with E-state index in [4.69, 9.17) is 9.47 Å². The largest absolute Gasteiger partial charge is 0.497 e. The average molecular weight is 396 g/mol. The van der Waals surface area contributed by atoms with Crippen LogP contribution in [-0.4, -0.2) is 44.8 Å². The highest BCUT2D eigenvalue weighted by Gasteiger charge is 2.24. The predicted octanol–water partition coefficient (Wildman–Crippen LogP) is 2.55. The molecule has 3 rings (SSSR count). The lowest BCUT2D eigenvalue weighted by Crippen LogP contribution is -2.43. The molecule has 0 saturated carbocycles. The van der Waals surface area contributed by atoms with Crippen LogP contribution in [0.25, 0.3) is 0 Å². The van der Waals surface area contributed by atoms with Crippen LogP contribution in [0.4, 0.5) is 10.5 Å². The van der Waals surface area contributed by atoms with E-state index in [0.29, 0.717) is 42.6 Å². The molecule has 1 aliphatic heterocycles. The Hall–Kier alpha value is -3.55. The summed E-state index contributed by atoms with van der Waals surface area (Å²) in [6.07, 6.45) is -0.485. The van der Waals surface area contributed by atoms with Crippen molar-refractivity contribution in [1.82, 2.24) is 10.6 Å². The van der Waals surface area contributed by atoms with Crippen LogP contribution >= 0.6 is 0 Å². The molecular weight excluding hydrogens is 372 g/mol. The standard InChI is InChI=1S/C21H24N4O4/c1-3-29-21(27)25(20-22-12-13-23-20)17-8-4-15(5-9-17)14-24-19(26)16-6-10-18(28-2)11-7-16/h4-11H,3,12-14H2,1-2H3,(H,22,23)(H,24,26). The molecule has 0 radical (unpaired) electrons. The van der Waals surface area contributed by atoms with Gasteiger partial charge in [-0.2, -0.15) is 0 Å². The molecule has 8 nitrogen and oxygen atoms in total. The van der Waals surface area contributed by atoms with Gasteiger partial charge in [0.25, 0.3) is 5.91 Å². The highest BCUT2D eigenvalue weighted by atomic mass is 16.6. The minimum atomic E-state index is -0.485. The summed E-state index contributed by atoms with van der Waals surface area (Å²) in [6, 6.07) is 14.2. The number of carbonyl (C=O) groups is 2. The smallest absolute Gasteiger partial charge is 0.421 e. The maximum absolute atomic E-state index is 12.4. The molecule has 1 aliphatic rings. The van der Waals surface area contributed by atoms with Crippen molar-refractivity contribution >= 4 is 23.6 Å². The fraction of sp³-hybridized carbons (Fsp3) is 0.286. The first kappa shape index (κ1) is 20.2. The number of nitrogens with one attached hydrogen (secondary N) is 2. The highest BCUT2D eigenvalue weighted by Crippen LogP contribution is 2.18. The lowest BCUT2D eigenvalue weighted by molar-refractivity contribution is 0.0951. The second-order valence-electron chi connectivity index (χ2n) is 6.24. The molecule has 0 spiro atoms. The minimum Gasteiger partial charge on any atom is -0.497 e. The number of ether oxygens (including phenoxy) is 2. The lowest BCUT2D eigenvalue weighted by Gasteiger charge is -2.22. The minimum absolute atomic E-state index is 0.172. The van der Waals surface area contributed by atoms with Gasteiger partial charge in [0, 0.05) is 18.7 Å². The monoisotopic (exact) mass is 396 g/mol. The molecule has 0 aromatic heterocycles. The van der Waals surface area contributed by atoms with Crippen LogP contribution in [0.2, 0.25) is 0 Å². The third kappa shape index (κ3) is 5.04. The Morgan fingerprint density at radius 2 is 1.86 bits per heavy atom. The number of aliphatic imine (C=N–C) groups is 1. The molecular formula is C21H24N4O4. The van der Waals surface area contributed by atoms with Crippen LogP contribution < -0.4 is 20.3 Å². The van der Waals surface area contributed by atoms with Crippen LogP contribution in [0.5, 0.6) is 5.75 Å². The number of hydrogen-bond donors (Lipinski definition) is 2. The van der Waals surface area contributed by atoms with Gasteiger partial charge in [-0.05, 0) is 48.9 Å². The maximum atomic E-state index is 12.4. The van der Waals surface area contributed by atoms with Crippen molar-refractivity contribution in [1.29, 1.82) is 0 Å². The van der Waals surface area contributed by atoms with E-state index in [1.165, 1.54) is 4.90 Å². The normalized spacial score (nSPS) is 12.6. The van der Waals surface area contributed by atoms with Crippen molar-refractivity contribution in [2.24, 2.45) is 4.99 Å². The zero-order valence-corrected chi connectivity index (χ0v) is 16.5. The molecule has 0 fully saturated rings. The molecule has 1 heterocycles. The lowest BCUT2D eigenvalue weighted by atomic mass is 10.1. The summed E-state index contributed by atoms with van der Waals surface area (Å²) in [5.74, 6) is 1.00. The molecule has 2 N–H and O–H groups in total. The van der Waals surface area contributed by atoms with Gasteiger partial charge in [-0.1, -0.05) is 12.1 Å². The number of hydrogen-bond acceptors (Lipinski definition) is 6. The first-order valence-electron chi connectivity index (χ1n) is 9.38. The molecule has 0 bridgehead atoms. The quantitative estimate of drug-likeness (QED) is 0.783. The molecule has 152 valence electrons. The van der Waals surface area contributed by atoms with Gasteiger partial charge >= 0.3 is 6.09 Å². The van der Waals surface area contributed by atoms with Crippen LogP contribution in [0.3, 0.4) is 0 Å². The molecule has 0 saturated heterocycles. The molecule has 2 amide bonds. The topological polar surface area (TPSA) is 92.3 Å². The average Bonchev–Trinajstić information content (AvgIpc) is 3.27. The Bertz CT molecular complexity index is 879. The van der Waals surface area contributed by atoms with E-state index in [1.54, 1.807) is 50.4 Å². The van der Waals surface area contributed by atoms with Gasteiger partial charge in [-0.15, -0.1) is 0 Å². The number of methoxy groups -OCH3 is 1. The number of amides is 2. The Morgan fingerprint density at radius 3 is 2.45 bits per heavy atom. The van der Waals surface area contributed by atoms with E-state index >= 15 is 0 Å². The van der Waals surface area contributed by atoms with Crippen molar-refractivity contribution < 1.29 is 19.1 Å². The van der Waals surface area contributed by atoms with Crippen LogP contribution in [0.15, 0.2) is 53.5 Å². The van der Waals surface area contributed by atoms with Gasteiger partial charge in [0.1, 0.15) is 5.75 Å². The number of anilines is 1. The number of rotatable bonds is 6. The highest BCUT2D eigenvalue weighted by molar-refractivity contribution is 6.14. The van der Waals surface area contributed by atoms with Crippen LogP contribution in [0.1, 0.15) is 22.8 Å². The Labute approximate surface area is 169 Å². The molecule has 0 unspecified atom stereocenters. The Balaban J connectivity index is 1.65. The number of benzene rings is 2. The second kappa shape index (κ2) is 9.59. The first-order valence-corrected chi connectivity index (χ1v) is 9.38. The van der Waals surface area contributed by atoms with E-state index in [9.17, 15) is 9.59 Å². The predicted molar refractivity (Wildman–Crippen MR) is 110 cm³/mol. The number of carbonyl (C=O) groups excluding carboxylic acids is 2. The van der Waals surface area contributed by atoms with Crippen molar-refractivity contribution in [3.63, 3.8) is 0 Å². The van der Waals surface area contributed by atoms with Crippen molar-refractivity contribution in [3.05, 3.63) is 59.7 Å². The third-order valence-electron chi connectivity index (χ3n) is 4.32. The summed E-state index contributed by atoms with van der Waals surface area (Å²) in [5.41, 5.74) is 2.10. The number of guanidine groups is 1. The zero-order valence-electron chi connectivity index (χ0n) is 16.5. The fourth-order valence-electron chi connectivity index (χ4n) is 2.83. The van der Waals surface area contributed by atoms with Gasteiger partial charge in [0.2, 0.25) is 5.96 Å². The van der Waals surface area contributed by atoms with E-state index in [-0.39, 0.29) is 12.5 Å². The molecule has 8 heteroatoms. The van der Waals surface area contributed by atoms with Gasteiger partial charge < -0.3 is 20.1 Å². The number of nitrogens with zero attached hydrogens (tertiary/aromatic N) is 2. The van der Waals surface area contributed by atoms with Gasteiger partial charge in [0.15, 0.2) is 0 Å². The third-order valence-corrected chi connectivity index (χ3v) is 4.32. The molecule has 29 heavy (non-hydrogen) atoms.